The number of thiocarbonyl (C=S) groups is 1. The van der Waals surface area contributed by atoms with Crippen LogP contribution >= 0.6 is 12.2 Å². The van der Waals surface area contributed by atoms with Crippen molar-refractivity contribution >= 4 is 34.2 Å². The quantitative estimate of drug-likeness (QED) is 0.465. The normalized spacial score (nSPS) is 20.8. The molecule has 1 aromatic carbocycles. The van der Waals surface area contributed by atoms with E-state index in [1.165, 1.54) is 5.56 Å². The Hall–Kier alpha value is -1.84. The minimum Gasteiger partial charge on any atom is -0.381 e. The van der Waals surface area contributed by atoms with Crippen molar-refractivity contribution in [1.29, 1.82) is 0 Å². The van der Waals surface area contributed by atoms with Gasteiger partial charge in [-0.15, -0.1) is 0 Å². The minimum absolute atomic E-state index is 0.0756. The maximum absolute atomic E-state index is 10.9. The standard InChI is InChI=1S/C16H23NO3S.C3H6N2OS/c1-3-13(20-2)10-7-11-14-15(16(14)17-21(18)19)12-8-5-4-6-9-12;1-4-3(7)5-2-6/h4-6,8-9,13-16H,3,7,10-11H2,1-2H3;2H,1H3,(H2,4,5,6,7). The number of amides is 1. The van der Waals surface area contributed by atoms with Gasteiger partial charge in [0.25, 0.3) is 0 Å². The molecule has 0 aromatic heterocycles. The molecule has 0 saturated heterocycles. The summed E-state index contributed by atoms with van der Waals surface area (Å²) in [6.45, 7) is 2.12. The fourth-order valence-electron chi connectivity index (χ4n) is 3.26. The monoisotopic (exact) mass is 427 g/mol. The molecule has 28 heavy (non-hydrogen) atoms. The summed E-state index contributed by atoms with van der Waals surface area (Å²) in [5.74, 6) is 0.603. The molecule has 0 spiro atoms. The Kier molecular flexibility index (Phi) is 11.5. The number of carbonyl (C=O) groups excluding carboxylic acids is 1. The van der Waals surface area contributed by atoms with Gasteiger partial charge in [-0.05, 0) is 43.0 Å². The van der Waals surface area contributed by atoms with Crippen molar-refractivity contribution in [2.24, 2.45) is 10.3 Å². The topological polar surface area (TPSA) is 96.9 Å². The Morgan fingerprint density at radius 2 is 2.04 bits per heavy atom. The molecule has 1 saturated carbocycles. The Labute approximate surface area is 174 Å². The molecule has 1 aromatic rings. The molecule has 1 fully saturated rings. The zero-order chi connectivity index (χ0) is 20.9. The summed E-state index contributed by atoms with van der Waals surface area (Å²) in [7, 11) is 1.07. The number of nitrogens with one attached hydrogen (secondary N) is 2. The summed E-state index contributed by atoms with van der Waals surface area (Å²) in [4.78, 5) is 9.54. The molecule has 4 atom stereocenters. The lowest BCUT2D eigenvalue weighted by molar-refractivity contribution is -0.108. The van der Waals surface area contributed by atoms with E-state index in [-0.39, 0.29) is 12.0 Å². The second kappa shape index (κ2) is 13.4. The van der Waals surface area contributed by atoms with Crippen molar-refractivity contribution in [3.05, 3.63) is 35.9 Å². The first-order valence-electron chi connectivity index (χ1n) is 9.28. The van der Waals surface area contributed by atoms with Crippen LogP contribution < -0.4 is 10.6 Å². The minimum atomic E-state index is -2.32. The summed E-state index contributed by atoms with van der Waals surface area (Å²) in [6, 6.07) is 10.0. The Morgan fingerprint density at radius 3 is 2.50 bits per heavy atom. The molecule has 9 heteroatoms. The lowest BCUT2D eigenvalue weighted by Gasteiger charge is -2.12. The summed E-state index contributed by atoms with van der Waals surface area (Å²) in [6.07, 6.45) is 4.93. The maximum Gasteiger partial charge on any atom is 0.311 e. The first-order chi connectivity index (χ1) is 13.5. The molecule has 1 aliphatic carbocycles. The van der Waals surface area contributed by atoms with Gasteiger partial charge in [-0.2, -0.15) is 12.8 Å². The van der Waals surface area contributed by atoms with Gasteiger partial charge in [0.15, 0.2) is 5.11 Å². The number of methoxy groups -OCH3 is 1. The lowest BCUT2D eigenvalue weighted by Crippen LogP contribution is -2.30. The summed E-state index contributed by atoms with van der Waals surface area (Å²) < 4.78 is 31.0. The van der Waals surface area contributed by atoms with Gasteiger partial charge in [0.05, 0.1) is 12.1 Å². The predicted molar refractivity (Wildman–Crippen MR) is 114 cm³/mol. The fourth-order valence-corrected chi connectivity index (χ4v) is 3.80. The van der Waals surface area contributed by atoms with Gasteiger partial charge in [0.2, 0.25) is 6.41 Å². The second-order valence-electron chi connectivity index (χ2n) is 6.45. The van der Waals surface area contributed by atoms with Crippen LogP contribution in [0, 0.1) is 5.92 Å². The molecule has 1 aliphatic rings. The average Bonchev–Trinajstić information content (AvgIpc) is 3.37. The van der Waals surface area contributed by atoms with Crippen molar-refractivity contribution in [2.75, 3.05) is 14.2 Å². The van der Waals surface area contributed by atoms with E-state index in [2.05, 4.69) is 46.3 Å². The molecular weight excluding hydrogens is 398 g/mol. The molecule has 2 rings (SSSR count). The lowest BCUT2D eigenvalue weighted by atomic mass is 10.0. The van der Waals surface area contributed by atoms with Crippen LogP contribution in [0.15, 0.2) is 34.7 Å². The summed E-state index contributed by atoms with van der Waals surface area (Å²) >= 11 is 4.50. The van der Waals surface area contributed by atoms with Crippen molar-refractivity contribution in [2.45, 2.75) is 50.7 Å². The molecule has 2 N–H and O–H groups in total. The third-order valence-corrected chi connectivity index (χ3v) is 5.53. The number of carbonyl (C=O) groups is 1. The molecule has 4 unspecified atom stereocenters. The average molecular weight is 428 g/mol. The van der Waals surface area contributed by atoms with Gasteiger partial charge in [0, 0.05) is 20.1 Å². The molecule has 156 valence electrons. The zero-order valence-corrected chi connectivity index (χ0v) is 18.1. The van der Waals surface area contributed by atoms with E-state index < -0.39 is 10.5 Å². The highest BCUT2D eigenvalue weighted by Crippen LogP contribution is 2.52. The molecular formula is C19H29N3O4S2. The Morgan fingerprint density at radius 1 is 1.36 bits per heavy atom. The predicted octanol–water partition coefficient (Wildman–Crippen LogP) is 2.66. The molecule has 0 radical (unpaired) electrons. The molecule has 0 aliphatic heterocycles. The van der Waals surface area contributed by atoms with E-state index >= 15 is 0 Å². The zero-order valence-electron chi connectivity index (χ0n) is 16.5. The molecule has 0 bridgehead atoms. The number of hydrogen-bond acceptors (Lipinski definition) is 6. The van der Waals surface area contributed by atoms with Crippen LogP contribution in [0.5, 0.6) is 0 Å². The van der Waals surface area contributed by atoms with Crippen LogP contribution in [0.3, 0.4) is 0 Å². The first-order valence-corrected chi connectivity index (χ1v) is 10.7. The number of benzene rings is 1. The van der Waals surface area contributed by atoms with E-state index in [9.17, 15) is 13.2 Å². The van der Waals surface area contributed by atoms with Crippen LogP contribution in [-0.4, -0.2) is 46.2 Å². The van der Waals surface area contributed by atoms with Crippen molar-refractivity contribution in [3.63, 3.8) is 0 Å². The fraction of sp³-hybridized carbons (Fsp3) is 0.579. The third-order valence-electron chi connectivity index (χ3n) is 4.79. The highest BCUT2D eigenvalue weighted by atomic mass is 32.2. The molecule has 7 nitrogen and oxygen atoms in total. The van der Waals surface area contributed by atoms with E-state index in [0.29, 0.717) is 23.5 Å². The number of hydrogen-bond donors (Lipinski definition) is 2. The highest BCUT2D eigenvalue weighted by Gasteiger charge is 2.51. The van der Waals surface area contributed by atoms with E-state index in [0.717, 1.165) is 25.7 Å². The largest absolute Gasteiger partial charge is 0.381 e. The van der Waals surface area contributed by atoms with Gasteiger partial charge in [0.1, 0.15) is 0 Å². The van der Waals surface area contributed by atoms with Gasteiger partial charge >= 0.3 is 10.5 Å². The SMILES string of the molecule is CCC(CCCC1C(N=S(=O)=O)C1c1ccccc1)OC.CNC(=S)NC=O. The third kappa shape index (κ3) is 8.45. The summed E-state index contributed by atoms with van der Waals surface area (Å²) in [5.41, 5.74) is 1.19. The maximum atomic E-state index is 10.9. The first kappa shape index (κ1) is 24.2. The summed E-state index contributed by atoms with van der Waals surface area (Å²) in [5, 5.41) is 5.13. The van der Waals surface area contributed by atoms with Crippen LogP contribution in [0.4, 0.5) is 0 Å². The van der Waals surface area contributed by atoms with Crippen LogP contribution in [0.25, 0.3) is 0 Å². The van der Waals surface area contributed by atoms with Crippen LogP contribution in [0.1, 0.15) is 44.1 Å². The smallest absolute Gasteiger partial charge is 0.311 e. The van der Waals surface area contributed by atoms with Crippen LogP contribution in [-0.2, 0) is 20.0 Å². The van der Waals surface area contributed by atoms with Gasteiger partial charge in [-0.1, -0.05) is 43.7 Å². The van der Waals surface area contributed by atoms with Gasteiger partial charge in [-0.3, -0.25) is 4.79 Å². The number of rotatable bonds is 9. The van der Waals surface area contributed by atoms with E-state index in [1.807, 2.05) is 18.2 Å². The van der Waals surface area contributed by atoms with Gasteiger partial charge in [-0.25, -0.2) is 0 Å². The van der Waals surface area contributed by atoms with E-state index in [1.54, 1.807) is 14.2 Å². The van der Waals surface area contributed by atoms with E-state index in [4.69, 9.17) is 4.74 Å². The molecule has 1 amide bonds. The molecule has 0 heterocycles. The van der Waals surface area contributed by atoms with Crippen LogP contribution in [0.2, 0.25) is 0 Å². The number of ether oxygens (including phenoxy) is 1. The second-order valence-corrected chi connectivity index (χ2v) is 7.50. The van der Waals surface area contributed by atoms with Crippen molar-refractivity contribution in [3.8, 4) is 0 Å². The highest BCUT2D eigenvalue weighted by molar-refractivity contribution is 7.80. The van der Waals surface area contributed by atoms with Gasteiger partial charge < -0.3 is 15.4 Å². The number of nitrogens with zero attached hydrogens (tertiary/aromatic N) is 1. The van der Waals surface area contributed by atoms with Crippen molar-refractivity contribution < 1.29 is 17.9 Å². The Balaban J connectivity index is 0.000000480. The Bertz CT molecular complexity index is 729. The van der Waals surface area contributed by atoms with Crippen molar-refractivity contribution in [1.82, 2.24) is 10.6 Å².